The van der Waals surface area contributed by atoms with Crippen molar-refractivity contribution in [2.75, 3.05) is 26.0 Å². The van der Waals surface area contributed by atoms with Crippen LogP contribution >= 0.6 is 11.6 Å². The Morgan fingerprint density at radius 1 is 0.938 bits per heavy atom. The maximum Gasteiger partial charge on any atom is 0.338 e. The fourth-order valence-electron chi connectivity index (χ4n) is 2.81. The average molecular weight is 473 g/mol. The molecule has 0 aromatic heterocycles. The van der Waals surface area contributed by atoms with Crippen molar-refractivity contribution < 1.29 is 22.7 Å². The van der Waals surface area contributed by atoms with E-state index in [1.165, 1.54) is 26.2 Å². The third-order valence-electron chi connectivity index (χ3n) is 4.54. The molecule has 0 bridgehead atoms. The molecule has 0 fully saturated rings. The Labute approximate surface area is 191 Å². The number of ether oxygens (including phenoxy) is 1. The molecule has 0 radical (unpaired) electrons. The second kappa shape index (κ2) is 9.95. The van der Waals surface area contributed by atoms with Gasteiger partial charge in [-0.1, -0.05) is 54.1 Å². The number of carbonyl (C=O) groups excluding carboxylic acids is 2. The number of carbonyl (C=O) groups is 2. The van der Waals surface area contributed by atoms with E-state index in [0.29, 0.717) is 5.69 Å². The van der Waals surface area contributed by atoms with Gasteiger partial charge in [-0.3, -0.25) is 4.79 Å². The van der Waals surface area contributed by atoms with Crippen molar-refractivity contribution in [3.8, 4) is 11.1 Å². The second-order valence-electron chi connectivity index (χ2n) is 7.00. The molecule has 0 unspecified atom stereocenters. The fourth-order valence-corrected chi connectivity index (χ4v) is 4.21. The molecule has 0 aliphatic rings. The Balaban J connectivity index is 1.61. The molecule has 7 nitrogen and oxygen atoms in total. The first-order chi connectivity index (χ1) is 15.2. The molecule has 0 saturated heterocycles. The summed E-state index contributed by atoms with van der Waals surface area (Å²) in [7, 11) is -1.14. The predicted molar refractivity (Wildman–Crippen MR) is 123 cm³/mol. The van der Waals surface area contributed by atoms with Crippen LogP contribution in [0.4, 0.5) is 5.69 Å². The number of esters is 1. The molecule has 0 heterocycles. The van der Waals surface area contributed by atoms with Crippen LogP contribution in [0, 0.1) is 0 Å². The van der Waals surface area contributed by atoms with E-state index in [-0.39, 0.29) is 15.5 Å². The van der Waals surface area contributed by atoms with Gasteiger partial charge in [-0.2, -0.15) is 0 Å². The average Bonchev–Trinajstić information content (AvgIpc) is 2.78. The number of hydrogen-bond donors (Lipinski definition) is 1. The SMILES string of the molecule is CN(C)S(=O)(=O)c1cc(C(=O)OCC(=O)Nc2ccc(-c3ccccc3)cc2)ccc1Cl. The summed E-state index contributed by atoms with van der Waals surface area (Å²) in [4.78, 5) is 24.2. The first kappa shape index (κ1) is 23.5. The highest BCUT2D eigenvalue weighted by Crippen LogP contribution is 2.25. The van der Waals surface area contributed by atoms with Gasteiger partial charge in [-0.15, -0.1) is 0 Å². The number of benzene rings is 3. The van der Waals surface area contributed by atoms with Crippen LogP contribution in [-0.2, 0) is 19.6 Å². The van der Waals surface area contributed by atoms with Crippen LogP contribution in [0.3, 0.4) is 0 Å². The van der Waals surface area contributed by atoms with Crippen LogP contribution in [-0.4, -0.2) is 45.3 Å². The topological polar surface area (TPSA) is 92.8 Å². The number of halogens is 1. The fraction of sp³-hybridized carbons (Fsp3) is 0.130. The molecule has 3 aromatic rings. The summed E-state index contributed by atoms with van der Waals surface area (Å²) in [6, 6.07) is 20.8. The molecule has 0 atom stereocenters. The van der Waals surface area contributed by atoms with E-state index in [1.807, 2.05) is 42.5 Å². The third-order valence-corrected chi connectivity index (χ3v) is 6.83. The number of amides is 1. The van der Waals surface area contributed by atoms with Crippen molar-refractivity contribution in [1.29, 1.82) is 0 Å². The first-order valence-corrected chi connectivity index (χ1v) is 11.3. The highest BCUT2D eigenvalue weighted by molar-refractivity contribution is 7.89. The summed E-state index contributed by atoms with van der Waals surface area (Å²) in [6.45, 7) is -0.530. The molecule has 0 aliphatic heterocycles. The Morgan fingerprint density at radius 2 is 1.56 bits per heavy atom. The van der Waals surface area contributed by atoms with Crippen LogP contribution in [0.1, 0.15) is 10.4 Å². The summed E-state index contributed by atoms with van der Waals surface area (Å²) in [6.07, 6.45) is 0. The van der Waals surface area contributed by atoms with Crippen LogP contribution < -0.4 is 5.32 Å². The molecule has 1 amide bonds. The number of rotatable bonds is 7. The molecule has 3 aromatic carbocycles. The van der Waals surface area contributed by atoms with Crippen molar-refractivity contribution >= 4 is 39.2 Å². The predicted octanol–water partition coefficient (Wildman–Crippen LogP) is 4.05. The molecule has 0 spiro atoms. The monoisotopic (exact) mass is 472 g/mol. The van der Waals surface area contributed by atoms with Gasteiger partial charge in [0.25, 0.3) is 5.91 Å². The van der Waals surface area contributed by atoms with E-state index in [1.54, 1.807) is 12.1 Å². The van der Waals surface area contributed by atoms with E-state index in [0.717, 1.165) is 21.5 Å². The summed E-state index contributed by atoms with van der Waals surface area (Å²) < 4.78 is 30.7. The van der Waals surface area contributed by atoms with Crippen molar-refractivity contribution in [2.24, 2.45) is 0 Å². The van der Waals surface area contributed by atoms with E-state index in [2.05, 4.69) is 5.32 Å². The van der Waals surface area contributed by atoms with Gasteiger partial charge >= 0.3 is 5.97 Å². The molecule has 0 aliphatic carbocycles. The zero-order valence-electron chi connectivity index (χ0n) is 17.4. The second-order valence-corrected chi connectivity index (χ2v) is 9.53. The molecule has 0 saturated carbocycles. The van der Waals surface area contributed by atoms with Crippen LogP contribution in [0.25, 0.3) is 11.1 Å². The molecular formula is C23H21ClN2O5S. The maximum atomic E-state index is 12.3. The Kier molecular flexibility index (Phi) is 7.29. The summed E-state index contributed by atoms with van der Waals surface area (Å²) in [5.41, 5.74) is 2.57. The molecule has 166 valence electrons. The van der Waals surface area contributed by atoms with Gasteiger partial charge in [0.15, 0.2) is 6.61 Å². The van der Waals surface area contributed by atoms with Crippen molar-refractivity contribution in [1.82, 2.24) is 4.31 Å². The molecular weight excluding hydrogens is 452 g/mol. The van der Waals surface area contributed by atoms with Crippen molar-refractivity contribution in [2.45, 2.75) is 4.90 Å². The third kappa shape index (κ3) is 5.53. The van der Waals surface area contributed by atoms with Crippen LogP contribution in [0.2, 0.25) is 5.02 Å². The van der Waals surface area contributed by atoms with Crippen LogP contribution in [0.15, 0.2) is 77.7 Å². The minimum absolute atomic E-state index is 0.0213. The van der Waals surface area contributed by atoms with E-state index < -0.39 is 28.5 Å². The van der Waals surface area contributed by atoms with E-state index in [9.17, 15) is 18.0 Å². The van der Waals surface area contributed by atoms with Gasteiger partial charge in [-0.25, -0.2) is 17.5 Å². The summed E-state index contributed by atoms with van der Waals surface area (Å²) >= 11 is 5.98. The standard InChI is InChI=1S/C23H21ClN2O5S/c1-26(2)32(29,30)21-14-18(10-13-20(21)24)23(28)31-15-22(27)25-19-11-8-17(9-12-19)16-6-4-3-5-7-16/h3-14H,15H2,1-2H3,(H,25,27). The lowest BCUT2D eigenvalue weighted by molar-refractivity contribution is -0.119. The molecule has 3 rings (SSSR count). The molecule has 9 heteroatoms. The van der Waals surface area contributed by atoms with Crippen LogP contribution in [0.5, 0.6) is 0 Å². The minimum atomic E-state index is -3.84. The lowest BCUT2D eigenvalue weighted by Gasteiger charge is -2.13. The largest absolute Gasteiger partial charge is 0.452 e. The summed E-state index contributed by atoms with van der Waals surface area (Å²) in [5, 5.41) is 2.63. The number of hydrogen-bond acceptors (Lipinski definition) is 5. The Morgan fingerprint density at radius 3 is 2.19 bits per heavy atom. The molecule has 1 N–H and O–H groups in total. The van der Waals surface area contributed by atoms with Gasteiger partial charge in [-0.05, 0) is 41.5 Å². The quantitative estimate of drug-likeness (QED) is 0.523. The highest BCUT2D eigenvalue weighted by atomic mass is 35.5. The number of nitrogens with one attached hydrogen (secondary N) is 1. The highest BCUT2D eigenvalue weighted by Gasteiger charge is 2.23. The lowest BCUT2D eigenvalue weighted by Crippen LogP contribution is -2.23. The normalized spacial score (nSPS) is 11.2. The van der Waals surface area contributed by atoms with Gasteiger partial charge < -0.3 is 10.1 Å². The van der Waals surface area contributed by atoms with E-state index >= 15 is 0 Å². The lowest BCUT2D eigenvalue weighted by atomic mass is 10.1. The maximum absolute atomic E-state index is 12.3. The first-order valence-electron chi connectivity index (χ1n) is 9.53. The van der Waals surface area contributed by atoms with Gasteiger partial charge in [0.2, 0.25) is 10.0 Å². The van der Waals surface area contributed by atoms with E-state index in [4.69, 9.17) is 16.3 Å². The zero-order chi connectivity index (χ0) is 23.3. The number of anilines is 1. The van der Waals surface area contributed by atoms with Crippen molar-refractivity contribution in [3.63, 3.8) is 0 Å². The zero-order valence-corrected chi connectivity index (χ0v) is 19.0. The number of nitrogens with zero attached hydrogens (tertiary/aromatic N) is 1. The van der Waals surface area contributed by atoms with Crippen molar-refractivity contribution in [3.05, 3.63) is 83.4 Å². The smallest absolute Gasteiger partial charge is 0.338 e. The number of sulfonamides is 1. The van der Waals surface area contributed by atoms with Gasteiger partial charge in [0.1, 0.15) is 4.90 Å². The van der Waals surface area contributed by atoms with Gasteiger partial charge in [0.05, 0.1) is 10.6 Å². The van der Waals surface area contributed by atoms with Gasteiger partial charge in [0, 0.05) is 19.8 Å². The molecule has 32 heavy (non-hydrogen) atoms. The summed E-state index contributed by atoms with van der Waals surface area (Å²) in [5.74, 6) is -1.37. The Bertz CT molecular complexity index is 1230. The Hall–Kier alpha value is -3.20. The minimum Gasteiger partial charge on any atom is -0.452 e.